The molecule has 1 aliphatic rings. The molecular formula is C27H19ClF5N3O3. The van der Waals surface area contributed by atoms with Crippen molar-refractivity contribution in [3.05, 3.63) is 107 Å². The summed E-state index contributed by atoms with van der Waals surface area (Å²) in [6.07, 6.45) is -4.02. The minimum absolute atomic E-state index is 0.0325. The summed E-state index contributed by atoms with van der Waals surface area (Å²) in [6.45, 7) is -3.06. The molecule has 0 saturated carbocycles. The standard InChI is InChI=1S/C27H19ClF5N3O3/c28-18-8-10-19(11-9-18)36(23(37)14-22(29)25(30)31)27(38)35-15-21(16-4-2-1-3-5-16)24(34-35)17-6-12-20(13-7-17)39-26(32)33/h1-13,21,26H,14-15H2. The molecular weight excluding hydrogens is 545 g/mol. The van der Waals surface area contributed by atoms with Crippen molar-refractivity contribution in [1.29, 1.82) is 0 Å². The van der Waals surface area contributed by atoms with Gasteiger partial charge in [0.05, 0.1) is 24.4 Å². The third kappa shape index (κ3) is 6.61. The van der Waals surface area contributed by atoms with Gasteiger partial charge in [0, 0.05) is 10.9 Å². The Hall–Kier alpha value is -4.25. The Kier molecular flexibility index (Phi) is 8.60. The predicted molar refractivity (Wildman–Crippen MR) is 135 cm³/mol. The van der Waals surface area contributed by atoms with Gasteiger partial charge in [0.15, 0.2) is 5.83 Å². The lowest BCUT2D eigenvalue weighted by Crippen LogP contribution is -2.44. The Morgan fingerprint density at radius 3 is 2.21 bits per heavy atom. The number of urea groups is 1. The number of imide groups is 1. The van der Waals surface area contributed by atoms with Crippen LogP contribution in [0.5, 0.6) is 5.75 Å². The fourth-order valence-electron chi connectivity index (χ4n) is 3.98. The molecule has 4 rings (SSSR count). The zero-order chi connectivity index (χ0) is 28.1. The van der Waals surface area contributed by atoms with Crippen molar-refractivity contribution in [3.63, 3.8) is 0 Å². The highest BCUT2D eigenvalue weighted by Gasteiger charge is 2.37. The van der Waals surface area contributed by atoms with Crippen molar-refractivity contribution in [2.45, 2.75) is 19.0 Å². The smallest absolute Gasteiger partial charge is 0.387 e. The first-order valence-electron chi connectivity index (χ1n) is 11.4. The van der Waals surface area contributed by atoms with E-state index in [1.807, 2.05) is 0 Å². The minimum atomic E-state index is -3.01. The minimum Gasteiger partial charge on any atom is -0.435 e. The van der Waals surface area contributed by atoms with E-state index in [1.165, 1.54) is 48.5 Å². The average molecular weight is 564 g/mol. The maximum atomic E-state index is 13.7. The van der Waals surface area contributed by atoms with Crippen molar-refractivity contribution in [3.8, 4) is 5.75 Å². The molecule has 6 nitrogen and oxygen atoms in total. The number of halogens is 6. The lowest BCUT2D eigenvalue weighted by Gasteiger charge is -2.25. The van der Waals surface area contributed by atoms with Gasteiger partial charge >= 0.3 is 18.7 Å². The Morgan fingerprint density at radius 1 is 0.974 bits per heavy atom. The quantitative estimate of drug-likeness (QED) is 0.282. The second-order valence-electron chi connectivity index (χ2n) is 8.26. The number of benzene rings is 3. The van der Waals surface area contributed by atoms with E-state index in [0.717, 1.165) is 10.6 Å². The third-order valence-electron chi connectivity index (χ3n) is 5.75. The van der Waals surface area contributed by atoms with Crippen molar-refractivity contribution in [1.82, 2.24) is 5.01 Å². The summed E-state index contributed by atoms with van der Waals surface area (Å²) in [4.78, 5) is 27.0. The first kappa shape index (κ1) is 27.8. The molecule has 0 aliphatic carbocycles. The molecule has 12 heteroatoms. The van der Waals surface area contributed by atoms with Crippen LogP contribution in [-0.2, 0) is 4.79 Å². The van der Waals surface area contributed by atoms with E-state index < -0.39 is 42.8 Å². The van der Waals surface area contributed by atoms with Crippen LogP contribution < -0.4 is 9.64 Å². The van der Waals surface area contributed by atoms with E-state index in [2.05, 4.69) is 9.84 Å². The van der Waals surface area contributed by atoms with Gasteiger partial charge < -0.3 is 4.74 Å². The molecule has 39 heavy (non-hydrogen) atoms. The molecule has 0 saturated heterocycles. The van der Waals surface area contributed by atoms with Crippen molar-refractivity contribution in [2.75, 3.05) is 11.4 Å². The van der Waals surface area contributed by atoms with Crippen LogP contribution in [-0.4, -0.2) is 35.8 Å². The fraction of sp³-hybridized carbons (Fsp3) is 0.148. The van der Waals surface area contributed by atoms with Crippen molar-refractivity contribution < 1.29 is 36.3 Å². The summed E-state index contributed by atoms with van der Waals surface area (Å²) in [6, 6.07) is 18.9. The Labute approximate surface area is 224 Å². The fourth-order valence-corrected chi connectivity index (χ4v) is 4.11. The summed E-state index contributed by atoms with van der Waals surface area (Å²) >= 11 is 5.90. The highest BCUT2D eigenvalue weighted by atomic mass is 35.5. The summed E-state index contributed by atoms with van der Waals surface area (Å²) < 4.78 is 68.7. The SMILES string of the molecule is O=C(CC(F)=C(F)F)N(C(=O)N1CC(c2ccccc2)C(c2ccc(OC(F)F)cc2)=N1)c1ccc(Cl)cc1. The summed E-state index contributed by atoms with van der Waals surface area (Å²) in [5, 5.41) is 5.66. The molecule has 0 radical (unpaired) electrons. The molecule has 0 aromatic heterocycles. The second-order valence-corrected chi connectivity index (χ2v) is 8.70. The first-order chi connectivity index (χ1) is 18.6. The van der Waals surface area contributed by atoms with Crippen molar-refractivity contribution in [2.24, 2.45) is 5.10 Å². The van der Waals surface area contributed by atoms with Gasteiger partial charge in [-0.3, -0.25) is 4.79 Å². The Balaban J connectivity index is 1.72. The number of amides is 3. The summed E-state index contributed by atoms with van der Waals surface area (Å²) in [5.74, 6) is -3.79. The van der Waals surface area contributed by atoms with Crippen molar-refractivity contribution >= 4 is 34.9 Å². The van der Waals surface area contributed by atoms with Crippen LogP contribution in [0.3, 0.4) is 0 Å². The number of alkyl halides is 2. The number of rotatable bonds is 7. The van der Waals surface area contributed by atoms with Crippen LogP contribution in [0.1, 0.15) is 23.5 Å². The maximum Gasteiger partial charge on any atom is 0.387 e. The summed E-state index contributed by atoms with van der Waals surface area (Å²) in [7, 11) is 0. The van der Waals surface area contributed by atoms with Crippen LogP contribution in [0, 0.1) is 0 Å². The molecule has 3 amide bonds. The van der Waals surface area contributed by atoms with Gasteiger partial charge in [-0.25, -0.2) is 19.1 Å². The van der Waals surface area contributed by atoms with Gasteiger partial charge in [-0.1, -0.05) is 41.9 Å². The first-order valence-corrected chi connectivity index (χ1v) is 11.8. The largest absolute Gasteiger partial charge is 0.435 e. The number of hydrogen-bond donors (Lipinski definition) is 0. The number of nitrogens with zero attached hydrogens (tertiary/aromatic N) is 3. The maximum absolute atomic E-state index is 13.7. The van der Waals surface area contributed by atoms with Gasteiger partial charge in [0.25, 0.3) is 0 Å². The molecule has 0 spiro atoms. The molecule has 1 aliphatic heterocycles. The number of carbonyl (C=O) groups is 2. The van der Waals surface area contributed by atoms with E-state index in [1.54, 1.807) is 30.3 Å². The molecule has 0 fully saturated rings. The zero-order valence-corrected chi connectivity index (χ0v) is 20.7. The molecule has 1 atom stereocenters. The Bertz CT molecular complexity index is 1400. The number of anilines is 1. The van der Waals surface area contributed by atoms with E-state index in [0.29, 0.717) is 16.2 Å². The number of hydrazone groups is 1. The van der Waals surface area contributed by atoms with Gasteiger partial charge in [-0.15, -0.1) is 0 Å². The van der Waals surface area contributed by atoms with Crippen LogP contribution in [0.4, 0.5) is 32.4 Å². The van der Waals surface area contributed by atoms with E-state index in [4.69, 9.17) is 11.6 Å². The average Bonchev–Trinajstić information content (AvgIpc) is 3.36. The van der Waals surface area contributed by atoms with Gasteiger partial charge in [-0.05, 0) is 59.7 Å². The Morgan fingerprint density at radius 2 is 1.62 bits per heavy atom. The van der Waals surface area contributed by atoms with Gasteiger partial charge in [0.2, 0.25) is 5.91 Å². The predicted octanol–water partition coefficient (Wildman–Crippen LogP) is 7.37. The van der Waals surface area contributed by atoms with Crippen LogP contribution in [0.15, 0.2) is 95.9 Å². The lowest BCUT2D eigenvalue weighted by atomic mass is 9.90. The molecule has 1 unspecified atom stereocenters. The number of carbonyl (C=O) groups excluding carboxylic acids is 2. The summed E-state index contributed by atoms with van der Waals surface area (Å²) in [5.41, 5.74) is 1.59. The van der Waals surface area contributed by atoms with Crippen LogP contribution in [0.25, 0.3) is 0 Å². The molecule has 0 N–H and O–H groups in total. The number of hydrogen-bond acceptors (Lipinski definition) is 4. The molecule has 3 aromatic carbocycles. The van der Waals surface area contributed by atoms with E-state index >= 15 is 0 Å². The van der Waals surface area contributed by atoms with Crippen LogP contribution in [0.2, 0.25) is 5.02 Å². The van der Waals surface area contributed by atoms with E-state index in [9.17, 15) is 31.5 Å². The molecule has 0 bridgehead atoms. The highest BCUT2D eigenvalue weighted by molar-refractivity contribution is 6.30. The molecule has 3 aromatic rings. The topological polar surface area (TPSA) is 62.2 Å². The normalized spacial score (nSPS) is 14.7. The lowest BCUT2D eigenvalue weighted by molar-refractivity contribution is -0.117. The monoisotopic (exact) mass is 563 g/mol. The van der Waals surface area contributed by atoms with Gasteiger partial charge in [-0.2, -0.15) is 22.7 Å². The number of ether oxygens (including phenoxy) is 1. The molecule has 1 heterocycles. The van der Waals surface area contributed by atoms with Crippen LogP contribution >= 0.6 is 11.6 Å². The van der Waals surface area contributed by atoms with E-state index in [-0.39, 0.29) is 23.0 Å². The third-order valence-corrected chi connectivity index (χ3v) is 6.00. The zero-order valence-electron chi connectivity index (χ0n) is 19.9. The van der Waals surface area contributed by atoms with Gasteiger partial charge in [0.1, 0.15) is 5.75 Å². The highest BCUT2D eigenvalue weighted by Crippen LogP contribution is 2.32. The molecule has 202 valence electrons. The second kappa shape index (κ2) is 12.1.